The quantitative estimate of drug-likeness (QED) is 0.742. The van der Waals surface area contributed by atoms with Gasteiger partial charge in [-0.05, 0) is 62.2 Å². The average Bonchev–Trinajstić information content (AvgIpc) is 3.26. The summed E-state index contributed by atoms with van der Waals surface area (Å²) in [5.74, 6) is 1.65. The van der Waals surface area contributed by atoms with Crippen LogP contribution in [0, 0.1) is 29.1 Å². The number of Topliss-reactive ketones (excluding diaryl/α,β-unsaturated/α-hetero) is 1. The van der Waals surface area contributed by atoms with E-state index in [-0.39, 0.29) is 11.3 Å². The van der Waals surface area contributed by atoms with E-state index in [0.717, 1.165) is 44.9 Å². The molecule has 1 spiro atoms. The lowest BCUT2D eigenvalue weighted by Gasteiger charge is -2.60. The lowest BCUT2D eigenvalue weighted by Crippen LogP contribution is -2.60. The highest BCUT2D eigenvalue weighted by Gasteiger charge is 2.65. The van der Waals surface area contributed by atoms with E-state index in [2.05, 4.69) is 19.9 Å². The number of carbonyl (C=O) groups is 1. The molecule has 3 saturated carbocycles. The summed E-state index contributed by atoms with van der Waals surface area (Å²) < 4.78 is 12.0. The Kier molecular flexibility index (Phi) is 4.17. The van der Waals surface area contributed by atoms with E-state index < -0.39 is 11.4 Å². The summed E-state index contributed by atoms with van der Waals surface area (Å²) in [5, 5.41) is 11.9. The van der Waals surface area contributed by atoms with Crippen LogP contribution in [0.1, 0.15) is 71.6 Å². The zero-order valence-electron chi connectivity index (χ0n) is 16.8. The topological polar surface area (TPSA) is 55.8 Å². The van der Waals surface area contributed by atoms with Gasteiger partial charge in [-0.3, -0.25) is 4.79 Å². The lowest BCUT2D eigenvalue weighted by atomic mass is 9.46. The molecule has 4 heteroatoms. The third-order valence-corrected chi connectivity index (χ3v) is 9.10. The third-order valence-electron chi connectivity index (χ3n) is 9.10. The Morgan fingerprint density at radius 1 is 1.19 bits per heavy atom. The number of rotatable bonds is 2. The summed E-state index contributed by atoms with van der Waals surface area (Å²) in [4.78, 5) is 12.9. The van der Waals surface area contributed by atoms with E-state index in [9.17, 15) is 9.90 Å². The third kappa shape index (κ3) is 2.42. The van der Waals surface area contributed by atoms with Crippen molar-refractivity contribution in [3.8, 4) is 0 Å². The number of carbonyl (C=O) groups excluding carboxylic acids is 1. The number of aliphatic hydroxyl groups is 1. The van der Waals surface area contributed by atoms with E-state index in [1.165, 1.54) is 5.57 Å². The average molecular weight is 375 g/mol. The van der Waals surface area contributed by atoms with Crippen LogP contribution in [-0.4, -0.2) is 35.5 Å². The molecule has 150 valence electrons. The maximum absolute atomic E-state index is 12.9. The van der Waals surface area contributed by atoms with Gasteiger partial charge in [0.15, 0.2) is 5.79 Å². The Balaban J connectivity index is 1.52. The zero-order chi connectivity index (χ0) is 18.9. The molecule has 0 radical (unpaired) electrons. The van der Waals surface area contributed by atoms with Crippen LogP contribution >= 0.6 is 0 Å². The fraction of sp³-hybridized carbons (Fsp3) is 0.870. The van der Waals surface area contributed by atoms with Gasteiger partial charge in [-0.15, -0.1) is 0 Å². The van der Waals surface area contributed by atoms with Gasteiger partial charge >= 0.3 is 0 Å². The Morgan fingerprint density at radius 3 is 2.67 bits per heavy atom. The highest BCUT2D eigenvalue weighted by atomic mass is 16.7. The molecule has 0 aromatic heterocycles. The number of ether oxygens (including phenoxy) is 2. The van der Waals surface area contributed by atoms with Crippen LogP contribution in [0.3, 0.4) is 0 Å². The Hall–Kier alpha value is -0.710. The fourth-order valence-electron chi connectivity index (χ4n) is 7.87. The van der Waals surface area contributed by atoms with Gasteiger partial charge in [0.25, 0.3) is 0 Å². The van der Waals surface area contributed by atoms with Crippen molar-refractivity contribution in [2.24, 2.45) is 29.1 Å². The summed E-state index contributed by atoms with van der Waals surface area (Å²) in [6.45, 7) is 5.68. The minimum Gasteiger partial charge on any atom is -0.390 e. The molecule has 1 heterocycles. The maximum atomic E-state index is 12.9. The second kappa shape index (κ2) is 6.14. The number of hydrogen-bond donors (Lipinski definition) is 1. The number of ketones is 1. The molecule has 1 saturated heterocycles. The number of allylic oxidation sites excluding steroid dienone is 1. The van der Waals surface area contributed by atoms with Crippen molar-refractivity contribution >= 4 is 5.78 Å². The molecule has 5 aliphatic rings. The van der Waals surface area contributed by atoms with Gasteiger partial charge in [-0.1, -0.05) is 25.5 Å². The minimum atomic E-state index is -0.719. The summed E-state index contributed by atoms with van der Waals surface area (Å²) in [6, 6.07) is 0. The Labute approximate surface area is 162 Å². The van der Waals surface area contributed by atoms with Crippen molar-refractivity contribution in [1.29, 1.82) is 0 Å². The van der Waals surface area contributed by atoms with Crippen molar-refractivity contribution in [1.82, 2.24) is 0 Å². The van der Waals surface area contributed by atoms with Gasteiger partial charge in [0.05, 0.1) is 18.8 Å². The van der Waals surface area contributed by atoms with Gasteiger partial charge in [0.2, 0.25) is 0 Å². The molecule has 1 N–H and O–H groups in total. The highest BCUT2D eigenvalue weighted by molar-refractivity contribution is 5.87. The van der Waals surface area contributed by atoms with Crippen molar-refractivity contribution in [3.63, 3.8) is 0 Å². The summed E-state index contributed by atoms with van der Waals surface area (Å²) in [5.41, 5.74) is 0.457. The SMILES string of the molecule is CCC1(O)C[C@]2(CC)C(=O)CCC2C2CC=C3CC4(CCC3C21)OCCO4. The smallest absolute Gasteiger partial charge is 0.172 e. The van der Waals surface area contributed by atoms with Gasteiger partial charge in [-0.25, -0.2) is 0 Å². The molecule has 4 aliphatic carbocycles. The second-order valence-electron chi connectivity index (χ2n) is 9.85. The first-order valence-electron chi connectivity index (χ1n) is 11.2. The van der Waals surface area contributed by atoms with Gasteiger partial charge in [0, 0.05) is 24.7 Å². The molecule has 6 atom stereocenters. The minimum absolute atomic E-state index is 0.273. The first-order chi connectivity index (χ1) is 13.0. The van der Waals surface area contributed by atoms with Gasteiger partial charge < -0.3 is 14.6 Å². The number of hydrogen-bond acceptors (Lipinski definition) is 4. The van der Waals surface area contributed by atoms with Crippen molar-refractivity contribution in [2.75, 3.05) is 13.2 Å². The maximum Gasteiger partial charge on any atom is 0.172 e. The van der Waals surface area contributed by atoms with E-state index in [4.69, 9.17) is 9.47 Å². The highest BCUT2D eigenvalue weighted by Crippen LogP contribution is 2.65. The van der Waals surface area contributed by atoms with Gasteiger partial charge in [0.1, 0.15) is 5.78 Å². The predicted molar refractivity (Wildman–Crippen MR) is 102 cm³/mol. The predicted octanol–water partition coefficient (Wildman–Crippen LogP) is 4.01. The summed E-state index contributed by atoms with van der Waals surface area (Å²) in [6.07, 6.45) is 10.3. The molecule has 0 amide bonds. The van der Waals surface area contributed by atoms with E-state index in [0.29, 0.717) is 49.6 Å². The molecule has 4 nitrogen and oxygen atoms in total. The second-order valence-corrected chi connectivity index (χ2v) is 9.85. The van der Waals surface area contributed by atoms with Crippen LogP contribution in [0.15, 0.2) is 11.6 Å². The zero-order valence-corrected chi connectivity index (χ0v) is 16.8. The van der Waals surface area contributed by atoms with Crippen LogP contribution < -0.4 is 0 Å². The molecule has 0 aromatic rings. The van der Waals surface area contributed by atoms with E-state index >= 15 is 0 Å². The molecular weight excluding hydrogens is 340 g/mol. The fourth-order valence-corrected chi connectivity index (χ4v) is 7.87. The van der Waals surface area contributed by atoms with Crippen molar-refractivity contribution in [2.45, 2.75) is 83.0 Å². The van der Waals surface area contributed by atoms with E-state index in [1.807, 2.05) is 0 Å². The van der Waals surface area contributed by atoms with Crippen molar-refractivity contribution < 1.29 is 19.4 Å². The lowest BCUT2D eigenvalue weighted by molar-refractivity contribution is -0.196. The van der Waals surface area contributed by atoms with Crippen LogP contribution in [0.25, 0.3) is 0 Å². The first-order valence-corrected chi connectivity index (χ1v) is 11.2. The normalized spacial score (nSPS) is 48.1. The van der Waals surface area contributed by atoms with Crippen LogP contribution in [-0.2, 0) is 14.3 Å². The molecule has 1 aliphatic heterocycles. The Morgan fingerprint density at radius 2 is 1.96 bits per heavy atom. The summed E-state index contributed by atoms with van der Waals surface area (Å²) >= 11 is 0. The van der Waals surface area contributed by atoms with Crippen LogP contribution in [0.4, 0.5) is 0 Å². The molecule has 27 heavy (non-hydrogen) atoms. The number of fused-ring (bicyclic) bond motifs is 5. The Bertz CT molecular complexity index is 663. The van der Waals surface area contributed by atoms with Crippen LogP contribution in [0.2, 0.25) is 0 Å². The summed E-state index contributed by atoms with van der Waals surface area (Å²) in [7, 11) is 0. The molecule has 0 aromatic carbocycles. The molecule has 5 rings (SSSR count). The largest absolute Gasteiger partial charge is 0.390 e. The molecule has 4 fully saturated rings. The molecular formula is C23H34O4. The van der Waals surface area contributed by atoms with Crippen molar-refractivity contribution in [3.05, 3.63) is 11.6 Å². The van der Waals surface area contributed by atoms with Gasteiger partial charge in [-0.2, -0.15) is 0 Å². The molecule has 5 unspecified atom stereocenters. The van der Waals surface area contributed by atoms with E-state index in [1.54, 1.807) is 0 Å². The monoisotopic (exact) mass is 374 g/mol. The standard InChI is InChI=1S/C23H34O4/c1-3-21-14-22(25,4-2)20-16-9-10-23(26-11-12-27-23)13-15(16)5-6-17(20)18(21)7-8-19(21)24/h5,16-18,20,25H,3-4,6-14H2,1-2H3/t16?,17?,18?,20?,21-,22?/m0/s1. The molecule has 0 bridgehead atoms. The van der Waals surface area contributed by atoms with Crippen LogP contribution in [0.5, 0.6) is 0 Å². The first kappa shape index (κ1) is 18.3.